The van der Waals surface area contributed by atoms with Crippen molar-refractivity contribution in [2.45, 2.75) is 6.61 Å². The number of furan rings is 1. The zero-order valence-electron chi connectivity index (χ0n) is 17.5. The molecule has 0 saturated carbocycles. The third-order valence-electron chi connectivity index (χ3n) is 5.78. The van der Waals surface area contributed by atoms with Crippen LogP contribution in [0.3, 0.4) is 0 Å². The minimum Gasteiger partial charge on any atom is -0.489 e. The Morgan fingerprint density at radius 1 is 0.875 bits per heavy atom. The first kappa shape index (κ1) is 20.1. The number of carbonyl (C=O) groups is 1. The van der Waals surface area contributed by atoms with Gasteiger partial charge in [-0.2, -0.15) is 0 Å². The van der Waals surface area contributed by atoms with Gasteiger partial charge in [0.25, 0.3) is 5.91 Å². The zero-order chi connectivity index (χ0) is 21.9. The van der Waals surface area contributed by atoms with Crippen molar-refractivity contribution in [3.8, 4) is 5.75 Å². The average Bonchev–Trinajstić information content (AvgIpc) is 3.22. The third kappa shape index (κ3) is 4.04. The van der Waals surface area contributed by atoms with E-state index in [0.29, 0.717) is 37.5 Å². The molecule has 1 amide bonds. The Hall–Kier alpha value is -3.80. The lowest BCUT2D eigenvalue weighted by Gasteiger charge is -2.35. The second-order valence-electron chi connectivity index (χ2n) is 7.76. The molecule has 5 nitrogen and oxygen atoms in total. The summed E-state index contributed by atoms with van der Waals surface area (Å²) in [5.74, 6) is 0.686. The lowest BCUT2D eigenvalue weighted by molar-refractivity contribution is 0.0713. The number of ether oxygens (including phenoxy) is 1. The maximum atomic E-state index is 13.4. The Bertz CT molecular complexity index is 1210. The largest absolute Gasteiger partial charge is 0.489 e. The quantitative estimate of drug-likeness (QED) is 0.441. The van der Waals surface area contributed by atoms with E-state index in [1.54, 1.807) is 12.1 Å². The molecule has 0 bridgehead atoms. The maximum absolute atomic E-state index is 13.4. The Kier molecular flexibility index (Phi) is 5.50. The van der Waals surface area contributed by atoms with E-state index in [0.717, 1.165) is 22.4 Å². The fourth-order valence-electron chi connectivity index (χ4n) is 4.05. The topological polar surface area (TPSA) is 45.9 Å². The van der Waals surface area contributed by atoms with Crippen LogP contribution in [-0.4, -0.2) is 37.0 Å². The molecular formula is C26H23FN2O3. The van der Waals surface area contributed by atoms with E-state index in [-0.39, 0.29) is 18.3 Å². The van der Waals surface area contributed by atoms with Gasteiger partial charge >= 0.3 is 0 Å². The van der Waals surface area contributed by atoms with Gasteiger partial charge in [0, 0.05) is 42.8 Å². The predicted molar refractivity (Wildman–Crippen MR) is 122 cm³/mol. The molecule has 6 heteroatoms. The molecule has 0 spiro atoms. The van der Waals surface area contributed by atoms with Gasteiger partial charge in [-0.1, -0.05) is 36.4 Å². The minimum atomic E-state index is -0.252. The van der Waals surface area contributed by atoms with Gasteiger partial charge in [0.15, 0.2) is 5.76 Å². The molecule has 1 aliphatic rings. The highest BCUT2D eigenvalue weighted by molar-refractivity contribution is 5.99. The van der Waals surface area contributed by atoms with Crippen molar-refractivity contribution in [3.63, 3.8) is 0 Å². The summed E-state index contributed by atoms with van der Waals surface area (Å²) in [6, 6.07) is 23.6. The van der Waals surface area contributed by atoms with Crippen LogP contribution in [0.15, 0.2) is 83.3 Å². The van der Waals surface area contributed by atoms with Crippen molar-refractivity contribution in [2.75, 3.05) is 31.1 Å². The second-order valence-corrected chi connectivity index (χ2v) is 7.76. The van der Waals surface area contributed by atoms with Crippen LogP contribution in [-0.2, 0) is 6.61 Å². The molecule has 1 aromatic heterocycles. The van der Waals surface area contributed by atoms with Gasteiger partial charge in [-0.3, -0.25) is 4.79 Å². The fraction of sp³-hybridized carbons (Fsp3) is 0.192. The number of halogens is 1. The first-order chi connectivity index (χ1) is 15.7. The number of nitrogens with zero attached hydrogens (tertiary/aromatic N) is 2. The van der Waals surface area contributed by atoms with E-state index in [2.05, 4.69) is 4.90 Å². The van der Waals surface area contributed by atoms with Gasteiger partial charge in [-0.15, -0.1) is 0 Å². The van der Waals surface area contributed by atoms with Gasteiger partial charge in [0.05, 0.1) is 0 Å². The molecule has 1 saturated heterocycles. The lowest BCUT2D eigenvalue weighted by Crippen LogP contribution is -2.48. The molecule has 0 unspecified atom stereocenters. The van der Waals surface area contributed by atoms with E-state index in [9.17, 15) is 9.18 Å². The summed E-state index contributed by atoms with van der Waals surface area (Å²) in [7, 11) is 0. The summed E-state index contributed by atoms with van der Waals surface area (Å²) in [6.07, 6.45) is 0. The third-order valence-corrected chi connectivity index (χ3v) is 5.78. The standard InChI is InChI=1S/C26H23FN2O3/c27-19-10-12-20(13-11-19)28-14-16-29(17-15-28)26(30)25-23(18-31-21-6-2-1-3-7-21)22-8-4-5-9-24(22)32-25/h1-13H,14-18H2. The van der Waals surface area contributed by atoms with Crippen molar-refractivity contribution < 1.29 is 18.3 Å². The fourth-order valence-corrected chi connectivity index (χ4v) is 4.05. The van der Waals surface area contributed by atoms with Gasteiger partial charge < -0.3 is 19.0 Å². The zero-order valence-corrected chi connectivity index (χ0v) is 17.5. The number of rotatable bonds is 5. The number of piperazine rings is 1. The van der Waals surface area contributed by atoms with Crippen molar-refractivity contribution in [1.82, 2.24) is 4.90 Å². The van der Waals surface area contributed by atoms with Crippen LogP contribution in [0.5, 0.6) is 5.75 Å². The Labute approximate surface area is 185 Å². The summed E-state index contributed by atoms with van der Waals surface area (Å²) in [6.45, 7) is 2.72. The molecule has 32 heavy (non-hydrogen) atoms. The monoisotopic (exact) mass is 430 g/mol. The van der Waals surface area contributed by atoms with E-state index < -0.39 is 0 Å². The number of carbonyl (C=O) groups excluding carboxylic acids is 1. The van der Waals surface area contributed by atoms with Crippen LogP contribution in [0.25, 0.3) is 11.0 Å². The minimum absolute atomic E-state index is 0.133. The molecule has 3 aromatic carbocycles. The first-order valence-electron chi connectivity index (χ1n) is 10.7. The first-order valence-corrected chi connectivity index (χ1v) is 10.7. The molecule has 0 radical (unpaired) electrons. The SMILES string of the molecule is O=C(c1oc2ccccc2c1COc1ccccc1)N1CCN(c2ccc(F)cc2)CC1. The summed E-state index contributed by atoms with van der Waals surface area (Å²) in [5.41, 5.74) is 2.39. The number of para-hydroxylation sites is 2. The van der Waals surface area contributed by atoms with Crippen LogP contribution in [0, 0.1) is 5.82 Å². The Balaban J connectivity index is 1.34. The normalized spacial score (nSPS) is 14.0. The Morgan fingerprint density at radius 2 is 1.56 bits per heavy atom. The van der Waals surface area contributed by atoms with E-state index >= 15 is 0 Å². The molecule has 5 rings (SSSR count). The highest BCUT2D eigenvalue weighted by Crippen LogP contribution is 2.29. The van der Waals surface area contributed by atoms with Gasteiger partial charge in [0.1, 0.15) is 23.8 Å². The molecule has 0 atom stereocenters. The van der Waals surface area contributed by atoms with Crippen molar-refractivity contribution >= 4 is 22.6 Å². The number of hydrogen-bond donors (Lipinski definition) is 0. The molecule has 0 N–H and O–H groups in total. The average molecular weight is 430 g/mol. The number of hydrogen-bond acceptors (Lipinski definition) is 4. The molecule has 2 heterocycles. The number of amides is 1. The highest BCUT2D eigenvalue weighted by atomic mass is 19.1. The Morgan fingerprint density at radius 3 is 2.31 bits per heavy atom. The molecule has 1 aliphatic heterocycles. The predicted octanol–water partition coefficient (Wildman–Crippen LogP) is 5.11. The second kappa shape index (κ2) is 8.75. The maximum Gasteiger partial charge on any atom is 0.290 e. The lowest BCUT2D eigenvalue weighted by atomic mass is 10.1. The van der Waals surface area contributed by atoms with Gasteiger partial charge in [-0.05, 0) is 42.5 Å². The van der Waals surface area contributed by atoms with Crippen molar-refractivity contribution in [2.24, 2.45) is 0 Å². The number of fused-ring (bicyclic) bond motifs is 1. The van der Waals surface area contributed by atoms with Crippen molar-refractivity contribution in [1.29, 1.82) is 0 Å². The van der Waals surface area contributed by atoms with E-state index in [4.69, 9.17) is 9.15 Å². The number of anilines is 1. The summed E-state index contributed by atoms with van der Waals surface area (Å²) >= 11 is 0. The molecule has 4 aromatic rings. The van der Waals surface area contributed by atoms with Crippen molar-refractivity contribution in [3.05, 3.63) is 96.0 Å². The molecule has 1 fully saturated rings. The highest BCUT2D eigenvalue weighted by Gasteiger charge is 2.28. The van der Waals surface area contributed by atoms with Crippen LogP contribution in [0.1, 0.15) is 16.1 Å². The number of benzene rings is 3. The smallest absolute Gasteiger partial charge is 0.290 e. The van der Waals surface area contributed by atoms with Crippen LogP contribution in [0.4, 0.5) is 10.1 Å². The van der Waals surface area contributed by atoms with E-state index in [1.165, 1.54) is 12.1 Å². The van der Waals surface area contributed by atoms with Crippen LogP contribution >= 0.6 is 0 Å². The molecule has 0 aliphatic carbocycles. The summed E-state index contributed by atoms with van der Waals surface area (Å²) in [4.78, 5) is 17.4. The summed E-state index contributed by atoms with van der Waals surface area (Å²) < 4.78 is 25.2. The van der Waals surface area contributed by atoms with Crippen LogP contribution in [0.2, 0.25) is 0 Å². The van der Waals surface area contributed by atoms with E-state index in [1.807, 2.05) is 59.5 Å². The van der Waals surface area contributed by atoms with Gasteiger partial charge in [-0.25, -0.2) is 4.39 Å². The van der Waals surface area contributed by atoms with Gasteiger partial charge in [0.2, 0.25) is 0 Å². The summed E-state index contributed by atoms with van der Waals surface area (Å²) in [5, 5.41) is 0.886. The molecule has 162 valence electrons. The molecular weight excluding hydrogens is 407 g/mol. The van der Waals surface area contributed by atoms with Crippen LogP contribution < -0.4 is 9.64 Å².